The van der Waals surface area contributed by atoms with E-state index in [2.05, 4.69) is 32.5 Å². The summed E-state index contributed by atoms with van der Waals surface area (Å²) in [7, 11) is 3.64. The van der Waals surface area contributed by atoms with Crippen molar-refractivity contribution in [1.82, 2.24) is 20.2 Å². The fourth-order valence-corrected chi connectivity index (χ4v) is 4.14. The molecule has 10 nitrogen and oxygen atoms in total. The molecule has 0 aliphatic carbocycles. The van der Waals surface area contributed by atoms with E-state index in [1.807, 2.05) is 17.0 Å². The van der Waals surface area contributed by atoms with E-state index < -0.39 is 0 Å². The highest BCUT2D eigenvalue weighted by atomic mass is 16.5. The summed E-state index contributed by atoms with van der Waals surface area (Å²) in [5, 5.41) is 25.2. The number of rotatable bonds is 5. The fraction of sp³-hybridized carbons (Fsp3) is 0.478. The molecule has 0 bridgehead atoms. The van der Waals surface area contributed by atoms with E-state index in [-0.39, 0.29) is 17.7 Å². The Balaban J connectivity index is 1.69. The molecule has 0 spiro atoms. The molecule has 1 aromatic carbocycles. The lowest BCUT2D eigenvalue weighted by atomic mass is 9.90. The lowest BCUT2D eigenvalue weighted by Crippen LogP contribution is -2.37. The largest absolute Gasteiger partial charge is 0.503 e. The second-order valence-electron chi connectivity index (χ2n) is 8.44. The van der Waals surface area contributed by atoms with Gasteiger partial charge in [-0.2, -0.15) is 0 Å². The van der Waals surface area contributed by atoms with Gasteiger partial charge in [0.2, 0.25) is 0 Å². The molecule has 0 unspecified atom stereocenters. The Kier molecular flexibility index (Phi) is 7.05. The van der Waals surface area contributed by atoms with E-state index in [9.17, 15) is 9.90 Å². The summed E-state index contributed by atoms with van der Waals surface area (Å²) in [5.41, 5.74) is 2.04. The standard InChI is InChI=1S/C23H31N7O3/c1-25-23(32)26-17-5-3-16(4-6-17)21-27-19(18(24)15-7-9-29(2)10-8-15)20(31)22(28-21)30-11-13-33-14-12-30/h3-6,15,24,31H,7-14H2,1-2H3,(H2,25,26,32). The summed E-state index contributed by atoms with van der Waals surface area (Å²) < 4.78 is 5.46. The Labute approximate surface area is 193 Å². The zero-order valence-corrected chi connectivity index (χ0v) is 19.1. The number of anilines is 2. The van der Waals surface area contributed by atoms with E-state index in [0.29, 0.717) is 55.0 Å². The summed E-state index contributed by atoms with van der Waals surface area (Å²) in [6.45, 7) is 4.17. The number of benzene rings is 1. The number of nitrogens with zero attached hydrogens (tertiary/aromatic N) is 4. The minimum Gasteiger partial charge on any atom is -0.503 e. The van der Waals surface area contributed by atoms with Gasteiger partial charge in [-0.3, -0.25) is 0 Å². The molecule has 1 aromatic heterocycles. The highest BCUT2D eigenvalue weighted by molar-refractivity contribution is 6.02. The smallest absolute Gasteiger partial charge is 0.318 e. The van der Waals surface area contributed by atoms with Crippen molar-refractivity contribution in [1.29, 1.82) is 5.41 Å². The quantitative estimate of drug-likeness (QED) is 0.511. The van der Waals surface area contributed by atoms with Crippen LogP contribution in [0.4, 0.5) is 16.3 Å². The van der Waals surface area contributed by atoms with Gasteiger partial charge in [0.25, 0.3) is 0 Å². The first-order valence-corrected chi connectivity index (χ1v) is 11.3. The van der Waals surface area contributed by atoms with Crippen LogP contribution >= 0.6 is 0 Å². The van der Waals surface area contributed by atoms with Crippen LogP contribution in [0.3, 0.4) is 0 Å². The minimum absolute atomic E-state index is 0.0394. The van der Waals surface area contributed by atoms with Crippen LogP contribution in [-0.4, -0.2) is 85.2 Å². The first-order valence-electron chi connectivity index (χ1n) is 11.3. The van der Waals surface area contributed by atoms with Gasteiger partial charge in [-0.25, -0.2) is 14.8 Å². The fourth-order valence-electron chi connectivity index (χ4n) is 4.14. The van der Waals surface area contributed by atoms with Gasteiger partial charge in [-0.1, -0.05) is 0 Å². The van der Waals surface area contributed by atoms with Crippen LogP contribution in [0.25, 0.3) is 11.4 Å². The number of carbonyl (C=O) groups is 1. The van der Waals surface area contributed by atoms with E-state index in [1.54, 1.807) is 19.2 Å². The highest BCUT2D eigenvalue weighted by Crippen LogP contribution is 2.34. The molecule has 176 valence electrons. The molecule has 2 fully saturated rings. The molecule has 33 heavy (non-hydrogen) atoms. The molecule has 2 aromatic rings. The highest BCUT2D eigenvalue weighted by Gasteiger charge is 2.28. The van der Waals surface area contributed by atoms with Crippen LogP contribution < -0.4 is 15.5 Å². The number of aromatic nitrogens is 2. The van der Waals surface area contributed by atoms with Gasteiger partial charge >= 0.3 is 6.03 Å². The number of ether oxygens (including phenoxy) is 1. The SMILES string of the molecule is CNC(=O)Nc1ccc(-c2nc(C(=N)C3CCN(C)CC3)c(O)c(N3CCOCC3)n2)cc1. The monoisotopic (exact) mass is 453 g/mol. The van der Waals surface area contributed by atoms with Crippen molar-refractivity contribution in [2.24, 2.45) is 5.92 Å². The molecule has 4 N–H and O–H groups in total. The van der Waals surface area contributed by atoms with Crippen molar-refractivity contribution < 1.29 is 14.6 Å². The second kappa shape index (κ2) is 10.1. The number of hydrogen-bond donors (Lipinski definition) is 4. The van der Waals surface area contributed by atoms with Gasteiger partial charge in [0, 0.05) is 37.3 Å². The van der Waals surface area contributed by atoms with E-state index in [1.165, 1.54) is 0 Å². The normalized spacial score (nSPS) is 17.6. The van der Waals surface area contributed by atoms with Gasteiger partial charge in [0.15, 0.2) is 17.4 Å². The molecule has 10 heteroatoms. The number of urea groups is 1. The van der Waals surface area contributed by atoms with Gasteiger partial charge in [-0.15, -0.1) is 0 Å². The zero-order chi connectivity index (χ0) is 23.4. The number of aromatic hydroxyl groups is 1. The van der Waals surface area contributed by atoms with Crippen LogP contribution in [0.1, 0.15) is 18.5 Å². The molecule has 0 radical (unpaired) electrons. The van der Waals surface area contributed by atoms with Gasteiger partial charge in [0.1, 0.15) is 5.69 Å². The van der Waals surface area contributed by atoms with E-state index >= 15 is 0 Å². The molecule has 2 aliphatic rings. The van der Waals surface area contributed by atoms with Crippen LogP contribution in [0.2, 0.25) is 0 Å². The maximum absolute atomic E-state index is 11.6. The lowest BCUT2D eigenvalue weighted by molar-refractivity contribution is 0.122. The van der Waals surface area contributed by atoms with Crippen molar-refractivity contribution >= 4 is 23.2 Å². The Morgan fingerprint density at radius 3 is 2.42 bits per heavy atom. The number of likely N-dealkylation sites (tertiary alicyclic amines) is 1. The van der Waals surface area contributed by atoms with Gasteiger partial charge in [-0.05, 0) is 57.2 Å². The number of hydrogen-bond acceptors (Lipinski definition) is 8. The average Bonchev–Trinajstić information content (AvgIpc) is 2.85. The van der Waals surface area contributed by atoms with Gasteiger partial charge < -0.3 is 35.7 Å². The van der Waals surface area contributed by atoms with E-state index in [0.717, 1.165) is 31.5 Å². The summed E-state index contributed by atoms with van der Waals surface area (Å²) >= 11 is 0. The number of morpholine rings is 1. The van der Waals surface area contributed by atoms with Crippen LogP contribution in [0.5, 0.6) is 5.75 Å². The Bertz CT molecular complexity index is 998. The summed E-state index contributed by atoms with van der Waals surface area (Å²) in [6, 6.07) is 6.90. The minimum atomic E-state index is -0.299. The summed E-state index contributed by atoms with van der Waals surface area (Å²) in [4.78, 5) is 25.1. The molecular weight excluding hydrogens is 422 g/mol. The molecule has 2 saturated heterocycles. The van der Waals surface area contributed by atoms with Gasteiger partial charge in [0.05, 0.1) is 18.9 Å². The van der Waals surface area contributed by atoms with Crippen molar-refractivity contribution in [2.75, 3.05) is 63.7 Å². The zero-order valence-electron chi connectivity index (χ0n) is 19.1. The second-order valence-corrected chi connectivity index (χ2v) is 8.44. The molecule has 0 atom stereocenters. The van der Waals surface area contributed by atoms with Crippen molar-refractivity contribution in [2.45, 2.75) is 12.8 Å². The summed E-state index contributed by atoms with van der Waals surface area (Å²) in [5.74, 6) is 0.881. The Morgan fingerprint density at radius 2 is 1.79 bits per heavy atom. The third-order valence-corrected chi connectivity index (χ3v) is 6.19. The molecule has 2 amide bonds. The Hall–Kier alpha value is -3.24. The first-order chi connectivity index (χ1) is 16.0. The number of amides is 2. The third-order valence-electron chi connectivity index (χ3n) is 6.19. The molecule has 4 rings (SSSR count). The van der Waals surface area contributed by atoms with Crippen LogP contribution in [0, 0.1) is 11.3 Å². The van der Waals surface area contributed by atoms with Crippen LogP contribution in [0.15, 0.2) is 24.3 Å². The maximum Gasteiger partial charge on any atom is 0.318 e. The third kappa shape index (κ3) is 5.23. The maximum atomic E-state index is 11.6. The lowest BCUT2D eigenvalue weighted by Gasteiger charge is -2.31. The summed E-state index contributed by atoms with van der Waals surface area (Å²) in [6.07, 6.45) is 1.72. The molecular formula is C23H31N7O3. The molecule has 0 saturated carbocycles. The topological polar surface area (TPSA) is 127 Å². The Morgan fingerprint density at radius 1 is 1.12 bits per heavy atom. The predicted octanol–water partition coefficient (Wildman–Crippen LogP) is 2.15. The number of piperidine rings is 1. The number of nitrogens with one attached hydrogen (secondary N) is 3. The van der Waals surface area contributed by atoms with Crippen molar-refractivity contribution in [3.05, 3.63) is 30.0 Å². The molecule has 2 aliphatic heterocycles. The van der Waals surface area contributed by atoms with E-state index in [4.69, 9.17) is 10.1 Å². The predicted molar refractivity (Wildman–Crippen MR) is 127 cm³/mol. The number of carbonyl (C=O) groups excluding carboxylic acids is 1. The first kappa shape index (κ1) is 22.9. The van der Waals surface area contributed by atoms with Crippen LogP contribution in [-0.2, 0) is 4.74 Å². The average molecular weight is 454 g/mol. The van der Waals surface area contributed by atoms with Crippen molar-refractivity contribution in [3.8, 4) is 17.1 Å². The van der Waals surface area contributed by atoms with Crippen molar-refractivity contribution in [3.63, 3.8) is 0 Å². The molecule has 3 heterocycles.